The van der Waals surface area contributed by atoms with Gasteiger partial charge < -0.3 is 16.0 Å². The van der Waals surface area contributed by atoms with E-state index in [2.05, 4.69) is 15.3 Å². The molecule has 2 heterocycles. The van der Waals surface area contributed by atoms with Gasteiger partial charge >= 0.3 is 0 Å². The second-order valence-electron chi connectivity index (χ2n) is 7.28. The maximum atomic E-state index is 12.8. The first kappa shape index (κ1) is 17.5. The van der Waals surface area contributed by atoms with E-state index in [4.69, 9.17) is 5.73 Å². The number of hydrogen-bond acceptors (Lipinski definition) is 5. The molecule has 0 spiro atoms. The Hall–Kier alpha value is -2.96. The minimum atomic E-state index is -0.272. The number of aromatic nitrogens is 2. The van der Waals surface area contributed by atoms with E-state index in [9.17, 15) is 9.59 Å². The molecule has 27 heavy (non-hydrogen) atoms. The SMILES string of the molecule is Cc1ccc(N2CC(NC(=O)c3nc(N)nc4c3CCCC4)CC2=O)cc1. The van der Waals surface area contributed by atoms with Crippen molar-refractivity contribution in [3.8, 4) is 0 Å². The summed E-state index contributed by atoms with van der Waals surface area (Å²) in [6.45, 7) is 2.46. The fourth-order valence-corrected chi connectivity index (χ4v) is 3.83. The van der Waals surface area contributed by atoms with Crippen LogP contribution in [0.25, 0.3) is 0 Å². The molecular weight excluding hydrogens is 342 g/mol. The third kappa shape index (κ3) is 3.49. The molecule has 1 unspecified atom stereocenters. The molecule has 1 aromatic heterocycles. The van der Waals surface area contributed by atoms with E-state index >= 15 is 0 Å². The highest BCUT2D eigenvalue weighted by Gasteiger charge is 2.33. The Kier molecular flexibility index (Phi) is 4.51. The van der Waals surface area contributed by atoms with E-state index in [0.717, 1.165) is 48.2 Å². The largest absolute Gasteiger partial charge is 0.368 e. The average molecular weight is 365 g/mol. The van der Waals surface area contributed by atoms with Gasteiger partial charge in [0.05, 0.1) is 6.04 Å². The van der Waals surface area contributed by atoms with Crippen LogP contribution in [0.2, 0.25) is 0 Å². The van der Waals surface area contributed by atoms with E-state index < -0.39 is 0 Å². The molecule has 4 rings (SSSR count). The van der Waals surface area contributed by atoms with Gasteiger partial charge in [0, 0.05) is 29.9 Å². The summed E-state index contributed by atoms with van der Waals surface area (Å²) in [4.78, 5) is 35.4. The van der Waals surface area contributed by atoms with E-state index in [1.54, 1.807) is 4.90 Å². The van der Waals surface area contributed by atoms with Crippen molar-refractivity contribution in [1.29, 1.82) is 0 Å². The van der Waals surface area contributed by atoms with E-state index in [-0.39, 0.29) is 30.2 Å². The summed E-state index contributed by atoms with van der Waals surface area (Å²) in [6.07, 6.45) is 3.96. The molecule has 1 atom stereocenters. The molecule has 1 saturated heterocycles. The first-order valence-corrected chi connectivity index (χ1v) is 9.34. The summed E-state index contributed by atoms with van der Waals surface area (Å²) in [7, 11) is 0. The highest BCUT2D eigenvalue weighted by Crippen LogP contribution is 2.25. The molecule has 1 aliphatic heterocycles. The van der Waals surface area contributed by atoms with E-state index in [1.165, 1.54) is 0 Å². The van der Waals surface area contributed by atoms with Crippen molar-refractivity contribution in [2.75, 3.05) is 17.2 Å². The van der Waals surface area contributed by atoms with Crippen molar-refractivity contribution in [3.05, 3.63) is 46.8 Å². The normalized spacial score (nSPS) is 19.1. The third-order valence-corrected chi connectivity index (χ3v) is 5.22. The molecule has 140 valence electrons. The summed E-state index contributed by atoms with van der Waals surface area (Å²) < 4.78 is 0. The highest BCUT2D eigenvalue weighted by molar-refractivity contribution is 5.99. The number of nitrogens with zero attached hydrogens (tertiary/aromatic N) is 3. The number of anilines is 2. The number of aryl methyl sites for hydroxylation is 2. The lowest BCUT2D eigenvalue weighted by atomic mass is 9.94. The molecule has 0 bridgehead atoms. The van der Waals surface area contributed by atoms with Gasteiger partial charge in [0.15, 0.2) is 0 Å². The summed E-state index contributed by atoms with van der Waals surface area (Å²) in [6, 6.07) is 7.56. The lowest BCUT2D eigenvalue weighted by molar-refractivity contribution is -0.117. The van der Waals surface area contributed by atoms with Gasteiger partial charge in [-0.1, -0.05) is 17.7 Å². The molecule has 7 heteroatoms. The minimum absolute atomic E-state index is 0.00776. The fourth-order valence-electron chi connectivity index (χ4n) is 3.83. The van der Waals surface area contributed by atoms with E-state index in [1.807, 2.05) is 31.2 Å². The third-order valence-electron chi connectivity index (χ3n) is 5.22. The van der Waals surface area contributed by atoms with Gasteiger partial charge in [-0.05, 0) is 44.7 Å². The predicted molar refractivity (Wildman–Crippen MR) is 102 cm³/mol. The number of nitrogens with two attached hydrogens (primary N) is 1. The van der Waals surface area contributed by atoms with Gasteiger partial charge in [0.1, 0.15) is 5.69 Å². The van der Waals surface area contributed by atoms with Crippen LogP contribution in [-0.4, -0.2) is 34.4 Å². The molecule has 1 aliphatic carbocycles. The number of benzene rings is 1. The minimum Gasteiger partial charge on any atom is -0.368 e. The second-order valence-corrected chi connectivity index (χ2v) is 7.28. The number of carbonyl (C=O) groups is 2. The molecule has 0 radical (unpaired) electrons. The highest BCUT2D eigenvalue weighted by atomic mass is 16.2. The van der Waals surface area contributed by atoms with Crippen LogP contribution in [0.3, 0.4) is 0 Å². The quantitative estimate of drug-likeness (QED) is 0.863. The van der Waals surface area contributed by atoms with Crippen LogP contribution in [-0.2, 0) is 17.6 Å². The van der Waals surface area contributed by atoms with Gasteiger partial charge in [-0.25, -0.2) is 9.97 Å². The lowest BCUT2D eigenvalue weighted by Crippen LogP contribution is -2.38. The van der Waals surface area contributed by atoms with Gasteiger partial charge in [0.2, 0.25) is 11.9 Å². The zero-order chi connectivity index (χ0) is 19.0. The van der Waals surface area contributed by atoms with Crippen molar-refractivity contribution < 1.29 is 9.59 Å². The van der Waals surface area contributed by atoms with Crippen LogP contribution < -0.4 is 16.0 Å². The fraction of sp³-hybridized carbons (Fsp3) is 0.400. The number of nitrogen functional groups attached to an aromatic ring is 1. The molecule has 2 amide bonds. The standard InChI is InChI=1S/C20H23N5O2/c1-12-6-8-14(9-7-12)25-11-13(10-17(25)26)22-19(27)18-15-4-2-3-5-16(15)23-20(21)24-18/h6-9,13H,2-5,10-11H2,1H3,(H,22,27)(H2,21,23,24). The molecule has 1 aromatic carbocycles. The summed E-state index contributed by atoms with van der Waals surface area (Å²) in [5.74, 6) is -0.135. The lowest BCUT2D eigenvalue weighted by Gasteiger charge is -2.20. The number of amides is 2. The number of carbonyl (C=O) groups excluding carboxylic acids is 2. The van der Waals surface area contributed by atoms with Crippen LogP contribution in [0.1, 0.15) is 46.6 Å². The van der Waals surface area contributed by atoms with Crippen LogP contribution in [0, 0.1) is 6.92 Å². The first-order chi connectivity index (χ1) is 13.0. The van der Waals surface area contributed by atoms with Gasteiger partial charge in [0.25, 0.3) is 5.91 Å². The van der Waals surface area contributed by atoms with Crippen molar-refractivity contribution >= 4 is 23.5 Å². The molecular formula is C20H23N5O2. The van der Waals surface area contributed by atoms with Crippen LogP contribution >= 0.6 is 0 Å². The maximum absolute atomic E-state index is 12.8. The van der Waals surface area contributed by atoms with Gasteiger partial charge in [-0.3, -0.25) is 9.59 Å². The number of nitrogens with one attached hydrogen (secondary N) is 1. The molecule has 2 aliphatic rings. The van der Waals surface area contributed by atoms with Gasteiger partial charge in [-0.15, -0.1) is 0 Å². The molecule has 1 fully saturated rings. The second kappa shape index (κ2) is 6.98. The predicted octanol–water partition coefficient (Wildman–Crippen LogP) is 1.78. The Morgan fingerprint density at radius 3 is 2.70 bits per heavy atom. The summed E-state index contributed by atoms with van der Waals surface area (Å²) in [5, 5.41) is 2.97. The topological polar surface area (TPSA) is 101 Å². The summed E-state index contributed by atoms with van der Waals surface area (Å²) >= 11 is 0. The molecule has 3 N–H and O–H groups in total. The monoisotopic (exact) mass is 365 g/mol. The Bertz CT molecular complexity index is 894. The molecule has 2 aromatic rings. The van der Waals surface area contributed by atoms with Crippen molar-refractivity contribution in [2.24, 2.45) is 0 Å². The van der Waals surface area contributed by atoms with Crippen molar-refractivity contribution in [1.82, 2.24) is 15.3 Å². The van der Waals surface area contributed by atoms with Crippen LogP contribution in [0.5, 0.6) is 0 Å². The number of rotatable bonds is 3. The smallest absolute Gasteiger partial charge is 0.270 e. The van der Waals surface area contributed by atoms with Crippen LogP contribution in [0.4, 0.5) is 11.6 Å². The van der Waals surface area contributed by atoms with Crippen molar-refractivity contribution in [3.63, 3.8) is 0 Å². The molecule has 0 saturated carbocycles. The number of hydrogen-bond donors (Lipinski definition) is 2. The Morgan fingerprint density at radius 1 is 1.19 bits per heavy atom. The first-order valence-electron chi connectivity index (χ1n) is 9.34. The Balaban J connectivity index is 1.50. The Labute approximate surface area is 158 Å². The Morgan fingerprint density at radius 2 is 1.93 bits per heavy atom. The van der Waals surface area contributed by atoms with Gasteiger partial charge in [-0.2, -0.15) is 0 Å². The summed E-state index contributed by atoms with van der Waals surface area (Å²) in [5.41, 5.74) is 9.92. The maximum Gasteiger partial charge on any atom is 0.270 e. The van der Waals surface area contributed by atoms with Crippen LogP contribution in [0.15, 0.2) is 24.3 Å². The van der Waals surface area contributed by atoms with Crippen molar-refractivity contribution in [2.45, 2.75) is 45.1 Å². The average Bonchev–Trinajstić information content (AvgIpc) is 3.01. The zero-order valence-corrected chi connectivity index (χ0v) is 15.4. The molecule has 7 nitrogen and oxygen atoms in total. The number of fused-ring (bicyclic) bond motifs is 1. The zero-order valence-electron chi connectivity index (χ0n) is 15.4. The van der Waals surface area contributed by atoms with E-state index in [0.29, 0.717) is 12.2 Å².